The van der Waals surface area contributed by atoms with E-state index in [2.05, 4.69) is 15.5 Å². The number of hydrogen-bond acceptors (Lipinski definition) is 5. The molecule has 0 saturated heterocycles. The number of anilines is 1. The van der Waals surface area contributed by atoms with Crippen LogP contribution < -0.4 is 10.1 Å². The van der Waals surface area contributed by atoms with Crippen molar-refractivity contribution in [2.45, 2.75) is 0 Å². The maximum absolute atomic E-state index is 13.1. The molecule has 150 valence electrons. The van der Waals surface area contributed by atoms with E-state index in [-0.39, 0.29) is 24.2 Å². The van der Waals surface area contributed by atoms with E-state index in [1.807, 2.05) is 0 Å². The van der Waals surface area contributed by atoms with Gasteiger partial charge >= 0.3 is 0 Å². The lowest BCUT2D eigenvalue weighted by atomic mass is 10.2. The van der Waals surface area contributed by atoms with E-state index in [1.54, 1.807) is 60.7 Å². The molecule has 8 heteroatoms. The lowest BCUT2D eigenvalue weighted by Gasteiger charge is -2.10. The van der Waals surface area contributed by atoms with Crippen molar-refractivity contribution in [1.82, 2.24) is 10.1 Å². The average Bonchev–Trinajstić information content (AvgIpc) is 3.23. The first kappa shape index (κ1) is 19.6. The van der Waals surface area contributed by atoms with Crippen LogP contribution in [0, 0.1) is 5.82 Å². The van der Waals surface area contributed by atoms with Crippen LogP contribution in [0.25, 0.3) is 22.8 Å². The molecule has 0 unspecified atom stereocenters. The smallest absolute Gasteiger partial charge is 0.262 e. The van der Waals surface area contributed by atoms with Crippen LogP contribution in [-0.2, 0) is 4.79 Å². The first-order valence-corrected chi connectivity index (χ1v) is 9.33. The highest BCUT2D eigenvalue weighted by atomic mass is 35.5. The number of carbonyl (C=O) groups is 1. The van der Waals surface area contributed by atoms with Gasteiger partial charge in [0.05, 0.1) is 5.56 Å². The van der Waals surface area contributed by atoms with Crippen molar-refractivity contribution >= 4 is 23.2 Å². The summed E-state index contributed by atoms with van der Waals surface area (Å²) in [5.41, 5.74) is 1.73. The van der Waals surface area contributed by atoms with Crippen molar-refractivity contribution < 1.29 is 18.4 Å². The number of amides is 1. The third kappa shape index (κ3) is 4.64. The molecule has 0 bridgehead atoms. The number of carbonyl (C=O) groups excluding carboxylic acids is 1. The van der Waals surface area contributed by atoms with Crippen LogP contribution in [0.2, 0.25) is 5.02 Å². The number of ether oxygens (including phenoxy) is 1. The summed E-state index contributed by atoms with van der Waals surface area (Å²) < 4.78 is 24.1. The van der Waals surface area contributed by atoms with Gasteiger partial charge < -0.3 is 14.6 Å². The molecule has 1 aromatic heterocycles. The molecule has 0 saturated carbocycles. The number of aromatic nitrogens is 2. The van der Waals surface area contributed by atoms with Crippen molar-refractivity contribution in [2.24, 2.45) is 0 Å². The Hall–Kier alpha value is -3.71. The Labute approximate surface area is 176 Å². The molecular formula is C22H15ClFN3O3. The number of benzene rings is 3. The zero-order chi connectivity index (χ0) is 20.9. The topological polar surface area (TPSA) is 77.2 Å². The standard InChI is InChI=1S/C22H15ClFN3O3/c23-15-4-3-5-17(12-15)25-20(28)13-29-19-7-2-1-6-18(19)21-26-22(30-27-21)14-8-10-16(24)11-9-14/h1-12H,13H2,(H,25,28). The Balaban J connectivity index is 1.48. The fraction of sp³-hybridized carbons (Fsp3) is 0.0455. The largest absolute Gasteiger partial charge is 0.483 e. The summed E-state index contributed by atoms with van der Waals surface area (Å²) in [6.07, 6.45) is 0. The zero-order valence-electron chi connectivity index (χ0n) is 15.5. The van der Waals surface area contributed by atoms with Crippen LogP contribution in [0.15, 0.2) is 77.3 Å². The number of hydrogen-bond donors (Lipinski definition) is 1. The molecule has 1 N–H and O–H groups in total. The Morgan fingerprint density at radius 3 is 2.67 bits per heavy atom. The van der Waals surface area contributed by atoms with Gasteiger partial charge in [-0.25, -0.2) is 4.39 Å². The Morgan fingerprint density at radius 1 is 1.07 bits per heavy atom. The fourth-order valence-electron chi connectivity index (χ4n) is 2.73. The van der Waals surface area contributed by atoms with E-state index in [4.69, 9.17) is 20.9 Å². The highest BCUT2D eigenvalue weighted by molar-refractivity contribution is 6.30. The predicted octanol–water partition coefficient (Wildman–Crippen LogP) is 5.21. The molecule has 0 radical (unpaired) electrons. The number of halogens is 2. The highest BCUT2D eigenvalue weighted by Crippen LogP contribution is 2.29. The van der Waals surface area contributed by atoms with E-state index in [9.17, 15) is 9.18 Å². The van der Waals surface area contributed by atoms with Gasteiger partial charge in [-0.05, 0) is 54.6 Å². The van der Waals surface area contributed by atoms with Gasteiger partial charge in [-0.2, -0.15) is 4.98 Å². The van der Waals surface area contributed by atoms with E-state index in [0.29, 0.717) is 33.4 Å². The van der Waals surface area contributed by atoms with Crippen LogP contribution in [0.1, 0.15) is 0 Å². The minimum atomic E-state index is -0.353. The molecule has 4 rings (SSSR count). The molecule has 1 amide bonds. The van der Waals surface area contributed by atoms with E-state index in [1.165, 1.54) is 12.1 Å². The molecule has 6 nitrogen and oxygen atoms in total. The Kier molecular flexibility index (Phi) is 5.72. The third-order valence-electron chi connectivity index (χ3n) is 4.11. The van der Waals surface area contributed by atoms with E-state index < -0.39 is 0 Å². The molecule has 1 heterocycles. The summed E-state index contributed by atoms with van der Waals surface area (Å²) >= 11 is 5.92. The maximum atomic E-state index is 13.1. The number of para-hydroxylation sites is 1. The monoisotopic (exact) mass is 423 g/mol. The summed E-state index contributed by atoms with van der Waals surface area (Å²) in [7, 11) is 0. The van der Waals surface area contributed by atoms with Crippen molar-refractivity contribution in [3.8, 4) is 28.6 Å². The van der Waals surface area contributed by atoms with Gasteiger partial charge in [-0.1, -0.05) is 35.0 Å². The zero-order valence-corrected chi connectivity index (χ0v) is 16.3. The molecule has 0 aliphatic heterocycles. The molecule has 0 aliphatic carbocycles. The molecule has 0 atom stereocenters. The Bertz CT molecular complexity index is 1180. The number of nitrogens with zero attached hydrogens (tertiary/aromatic N) is 2. The summed E-state index contributed by atoms with van der Waals surface area (Å²) in [6.45, 7) is -0.216. The Morgan fingerprint density at radius 2 is 1.87 bits per heavy atom. The molecule has 0 fully saturated rings. The second kappa shape index (κ2) is 8.75. The van der Waals surface area contributed by atoms with Gasteiger partial charge in [-0.3, -0.25) is 4.79 Å². The SMILES string of the molecule is O=C(COc1ccccc1-c1noc(-c2ccc(F)cc2)n1)Nc1cccc(Cl)c1. The molecule has 0 aliphatic rings. The summed E-state index contributed by atoms with van der Waals surface area (Å²) in [5, 5.41) is 7.21. The summed E-state index contributed by atoms with van der Waals surface area (Å²) in [6, 6.07) is 19.6. The first-order chi connectivity index (χ1) is 14.6. The molecule has 4 aromatic rings. The van der Waals surface area contributed by atoms with Crippen molar-refractivity contribution in [3.05, 3.63) is 83.6 Å². The molecule has 0 spiro atoms. The van der Waals surface area contributed by atoms with Gasteiger partial charge in [-0.15, -0.1) is 0 Å². The van der Waals surface area contributed by atoms with Crippen LogP contribution >= 0.6 is 11.6 Å². The lowest BCUT2D eigenvalue weighted by molar-refractivity contribution is -0.118. The highest BCUT2D eigenvalue weighted by Gasteiger charge is 2.15. The van der Waals surface area contributed by atoms with E-state index in [0.717, 1.165) is 0 Å². The van der Waals surface area contributed by atoms with E-state index >= 15 is 0 Å². The lowest BCUT2D eigenvalue weighted by Crippen LogP contribution is -2.20. The predicted molar refractivity (Wildman–Crippen MR) is 111 cm³/mol. The molecule has 30 heavy (non-hydrogen) atoms. The van der Waals surface area contributed by atoms with Crippen LogP contribution in [0.4, 0.5) is 10.1 Å². The first-order valence-electron chi connectivity index (χ1n) is 8.96. The van der Waals surface area contributed by atoms with Gasteiger partial charge in [0.1, 0.15) is 11.6 Å². The minimum absolute atomic E-state index is 0.216. The van der Waals surface area contributed by atoms with Gasteiger partial charge in [0.2, 0.25) is 5.82 Å². The van der Waals surface area contributed by atoms with Crippen LogP contribution in [0.3, 0.4) is 0 Å². The number of rotatable bonds is 6. The maximum Gasteiger partial charge on any atom is 0.262 e. The van der Waals surface area contributed by atoms with Crippen molar-refractivity contribution in [1.29, 1.82) is 0 Å². The van der Waals surface area contributed by atoms with Gasteiger partial charge in [0.25, 0.3) is 11.8 Å². The van der Waals surface area contributed by atoms with Gasteiger partial charge in [0.15, 0.2) is 6.61 Å². The molecule has 3 aromatic carbocycles. The third-order valence-corrected chi connectivity index (χ3v) is 4.35. The van der Waals surface area contributed by atoms with Crippen molar-refractivity contribution in [3.63, 3.8) is 0 Å². The van der Waals surface area contributed by atoms with Crippen LogP contribution in [0.5, 0.6) is 5.75 Å². The van der Waals surface area contributed by atoms with Crippen LogP contribution in [-0.4, -0.2) is 22.7 Å². The minimum Gasteiger partial charge on any atom is -0.483 e. The number of nitrogens with one attached hydrogen (secondary N) is 1. The molecular weight excluding hydrogens is 409 g/mol. The summed E-state index contributed by atoms with van der Waals surface area (Å²) in [4.78, 5) is 16.6. The summed E-state index contributed by atoms with van der Waals surface area (Å²) in [5.74, 6) is 0.268. The van der Waals surface area contributed by atoms with Gasteiger partial charge in [0, 0.05) is 16.3 Å². The second-order valence-electron chi connectivity index (χ2n) is 6.27. The fourth-order valence-corrected chi connectivity index (χ4v) is 2.92. The normalized spacial score (nSPS) is 10.6. The van der Waals surface area contributed by atoms with Crippen molar-refractivity contribution in [2.75, 3.05) is 11.9 Å². The second-order valence-corrected chi connectivity index (χ2v) is 6.71. The quantitative estimate of drug-likeness (QED) is 0.460. The average molecular weight is 424 g/mol.